The number of aryl methyl sites for hydroxylation is 1. The zero-order chi connectivity index (χ0) is 13.1. The molecule has 1 atom stereocenters. The summed E-state index contributed by atoms with van der Waals surface area (Å²) >= 11 is 0. The first-order valence-corrected chi connectivity index (χ1v) is 7.03. The highest BCUT2D eigenvalue weighted by Crippen LogP contribution is 2.30. The molecule has 0 bridgehead atoms. The van der Waals surface area contributed by atoms with E-state index < -0.39 is 0 Å². The SMILES string of the molecule is CCNc1nc(C)nc(N2CCCC2CC)c1C. The second-order valence-electron chi connectivity index (χ2n) is 5.00. The lowest BCUT2D eigenvalue weighted by molar-refractivity contribution is 0.638. The Balaban J connectivity index is 2.37. The molecule has 1 aromatic heterocycles. The number of rotatable bonds is 4. The average molecular weight is 248 g/mol. The molecule has 0 radical (unpaired) electrons. The summed E-state index contributed by atoms with van der Waals surface area (Å²) < 4.78 is 0. The van der Waals surface area contributed by atoms with Gasteiger partial charge in [0.15, 0.2) is 0 Å². The monoisotopic (exact) mass is 248 g/mol. The number of nitrogens with zero attached hydrogens (tertiary/aromatic N) is 3. The molecule has 0 saturated carbocycles. The van der Waals surface area contributed by atoms with E-state index in [0.29, 0.717) is 6.04 Å². The number of nitrogens with one attached hydrogen (secondary N) is 1. The second-order valence-corrected chi connectivity index (χ2v) is 5.00. The first-order valence-electron chi connectivity index (χ1n) is 7.03. The molecule has 0 amide bonds. The Labute approximate surface area is 110 Å². The average Bonchev–Trinajstić information content (AvgIpc) is 2.81. The summed E-state index contributed by atoms with van der Waals surface area (Å²) in [7, 11) is 0. The van der Waals surface area contributed by atoms with Crippen molar-refractivity contribution in [2.24, 2.45) is 0 Å². The lowest BCUT2D eigenvalue weighted by Crippen LogP contribution is -2.30. The highest BCUT2D eigenvalue weighted by Gasteiger charge is 2.26. The van der Waals surface area contributed by atoms with Gasteiger partial charge in [0.25, 0.3) is 0 Å². The molecule has 2 rings (SSSR count). The van der Waals surface area contributed by atoms with Gasteiger partial charge in [-0.2, -0.15) is 0 Å². The van der Waals surface area contributed by atoms with Crippen molar-refractivity contribution < 1.29 is 0 Å². The topological polar surface area (TPSA) is 41.1 Å². The first-order chi connectivity index (χ1) is 8.67. The Kier molecular flexibility index (Phi) is 4.04. The molecule has 1 aliphatic rings. The Morgan fingerprint density at radius 1 is 1.28 bits per heavy atom. The first kappa shape index (κ1) is 13.1. The third-order valence-corrected chi connectivity index (χ3v) is 3.70. The number of anilines is 2. The quantitative estimate of drug-likeness (QED) is 0.889. The van der Waals surface area contributed by atoms with E-state index in [0.717, 1.165) is 30.5 Å². The van der Waals surface area contributed by atoms with Crippen molar-refractivity contribution in [2.45, 2.75) is 53.0 Å². The van der Waals surface area contributed by atoms with Crippen molar-refractivity contribution >= 4 is 11.6 Å². The normalized spacial score (nSPS) is 19.3. The molecule has 0 aromatic carbocycles. The van der Waals surface area contributed by atoms with Crippen molar-refractivity contribution in [1.29, 1.82) is 0 Å². The minimum absolute atomic E-state index is 0.646. The van der Waals surface area contributed by atoms with Gasteiger partial charge < -0.3 is 10.2 Å². The van der Waals surface area contributed by atoms with Gasteiger partial charge in [-0.25, -0.2) is 9.97 Å². The highest BCUT2D eigenvalue weighted by atomic mass is 15.2. The lowest BCUT2D eigenvalue weighted by atomic mass is 10.1. The fourth-order valence-corrected chi connectivity index (χ4v) is 2.77. The molecular formula is C14H24N4. The third-order valence-electron chi connectivity index (χ3n) is 3.70. The molecule has 1 fully saturated rings. The van der Waals surface area contributed by atoms with Crippen LogP contribution in [0.2, 0.25) is 0 Å². The van der Waals surface area contributed by atoms with Crippen molar-refractivity contribution in [3.63, 3.8) is 0 Å². The van der Waals surface area contributed by atoms with Gasteiger partial charge >= 0.3 is 0 Å². The molecule has 1 saturated heterocycles. The molecule has 4 nitrogen and oxygen atoms in total. The summed E-state index contributed by atoms with van der Waals surface area (Å²) in [6.07, 6.45) is 3.76. The highest BCUT2D eigenvalue weighted by molar-refractivity contribution is 5.59. The van der Waals surface area contributed by atoms with Crippen LogP contribution in [0.25, 0.3) is 0 Å². The summed E-state index contributed by atoms with van der Waals surface area (Å²) in [5, 5.41) is 3.34. The van der Waals surface area contributed by atoms with Crippen LogP contribution in [0.5, 0.6) is 0 Å². The third kappa shape index (κ3) is 2.42. The Morgan fingerprint density at radius 2 is 2.06 bits per heavy atom. The van der Waals surface area contributed by atoms with Gasteiger partial charge in [0.1, 0.15) is 17.5 Å². The van der Waals surface area contributed by atoms with Gasteiger partial charge in [0.05, 0.1) is 0 Å². The van der Waals surface area contributed by atoms with Crippen molar-refractivity contribution in [2.75, 3.05) is 23.3 Å². The lowest BCUT2D eigenvalue weighted by Gasteiger charge is -2.27. The van der Waals surface area contributed by atoms with Crippen LogP contribution in [-0.4, -0.2) is 29.1 Å². The van der Waals surface area contributed by atoms with E-state index >= 15 is 0 Å². The van der Waals surface area contributed by atoms with Gasteiger partial charge in [0, 0.05) is 24.7 Å². The standard InChI is InChI=1S/C14H24N4/c1-5-12-8-7-9-18(12)14-10(3)13(15-6-2)16-11(4)17-14/h12H,5-9H2,1-4H3,(H,15,16,17). The molecular weight excluding hydrogens is 224 g/mol. The predicted molar refractivity (Wildman–Crippen MR) is 76.3 cm³/mol. The Morgan fingerprint density at radius 3 is 2.72 bits per heavy atom. The van der Waals surface area contributed by atoms with E-state index in [2.05, 4.69) is 41.0 Å². The second kappa shape index (κ2) is 5.55. The summed E-state index contributed by atoms with van der Waals surface area (Å²) in [4.78, 5) is 11.6. The summed E-state index contributed by atoms with van der Waals surface area (Å²) in [5.74, 6) is 2.97. The molecule has 0 spiro atoms. The predicted octanol–water partition coefficient (Wildman–Crippen LogP) is 2.90. The van der Waals surface area contributed by atoms with Crippen LogP contribution < -0.4 is 10.2 Å². The smallest absolute Gasteiger partial charge is 0.137 e. The molecule has 100 valence electrons. The molecule has 1 aliphatic heterocycles. The summed E-state index contributed by atoms with van der Waals surface area (Å²) in [5.41, 5.74) is 1.18. The molecule has 1 N–H and O–H groups in total. The Bertz CT molecular complexity index is 417. The van der Waals surface area contributed by atoms with Crippen molar-refractivity contribution in [1.82, 2.24) is 9.97 Å². The molecule has 2 heterocycles. The van der Waals surface area contributed by atoms with Crippen LogP contribution >= 0.6 is 0 Å². The van der Waals surface area contributed by atoms with Crippen LogP contribution in [0.3, 0.4) is 0 Å². The van der Waals surface area contributed by atoms with Crippen molar-refractivity contribution in [3.05, 3.63) is 11.4 Å². The van der Waals surface area contributed by atoms with E-state index in [1.165, 1.54) is 24.8 Å². The fraction of sp³-hybridized carbons (Fsp3) is 0.714. The van der Waals surface area contributed by atoms with Gasteiger partial charge in [0.2, 0.25) is 0 Å². The maximum absolute atomic E-state index is 4.67. The molecule has 4 heteroatoms. The minimum Gasteiger partial charge on any atom is -0.370 e. The maximum atomic E-state index is 4.67. The molecule has 1 aromatic rings. The largest absolute Gasteiger partial charge is 0.370 e. The van der Waals surface area contributed by atoms with Crippen molar-refractivity contribution in [3.8, 4) is 0 Å². The zero-order valence-corrected chi connectivity index (χ0v) is 12.0. The minimum atomic E-state index is 0.646. The fourth-order valence-electron chi connectivity index (χ4n) is 2.77. The maximum Gasteiger partial charge on any atom is 0.137 e. The van der Waals surface area contributed by atoms with E-state index in [1.54, 1.807) is 0 Å². The number of hydrogen-bond acceptors (Lipinski definition) is 4. The van der Waals surface area contributed by atoms with Gasteiger partial charge in [-0.15, -0.1) is 0 Å². The van der Waals surface area contributed by atoms with Crippen LogP contribution in [-0.2, 0) is 0 Å². The Hall–Kier alpha value is -1.32. The van der Waals surface area contributed by atoms with E-state index in [-0.39, 0.29) is 0 Å². The van der Waals surface area contributed by atoms with Crippen LogP contribution in [0.15, 0.2) is 0 Å². The van der Waals surface area contributed by atoms with E-state index in [4.69, 9.17) is 0 Å². The number of aromatic nitrogens is 2. The molecule has 1 unspecified atom stereocenters. The van der Waals surface area contributed by atoms with Crippen LogP contribution in [0.4, 0.5) is 11.6 Å². The van der Waals surface area contributed by atoms with Crippen LogP contribution in [0.1, 0.15) is 44.5 Å². The van der Waals surface area contributed by atoms with E-state index in [9.17, 15) is 0 Å². The van der Waals surface area contributed by atoms with Crippen LogP contribution in [0, 0.1) is 13.8 Å². The molecule has 0 aliphatic carbocycles. The van der Waals surface area contributed by atoms with E-state index in [1.807, 2.05) is 6.92 Å². The summed E-state index contributed by atoms with van der Waals surface area (Å²) in [6.45, 7) is 10.5. The zero-order valence-electron chi connectivity index (χ0n) is 12.0. The van der Waals surface area contributed by atoms with Gasteiger partial charge in [-0.3, -0.25) is 0 Å². The summed E-state index contributed by atoms with van der Waals surface area (Å²) in [6, 6.07) is 0.646. The molecule has 18 heavy (non-hydrogen) atoms. The number of hydrogen-bond donors (Lipinski definition) is 1. The van der Waals surface area contributed by atoms with Gasteiger partial charge in [-0.05, 0) is 40.0 Å². The van der Waals surface area contributed by atoms with Gasteiger partial charge in [-0.1, -0.05) is 6.92 Å².